The minimum absolute atomic E-state index is 0.212. The average molecular weight is 377 g/mol. The monoisotopic (exact) mass is 377 g/mol. The smallest absolute Gasteiger partial charge is 0.405 e. The second-order valence-electron chi connectivity index (χ2n) is 7.03. The third-order valence-electron chi connectivity index (χ3n) is 5.17. The zero-order valence-electron chi connectivity index (χ0n) is 15.5. The molecule has 144 valence electrons. The molecule has 28 heavy (non-hydrogen) atoms. The molecule has 0 bridgehead atoms. The van der Waals surface area contributed by atoms with Gasteiger partial charge in [-0.3, -0.25) is 4.79 Å². The fraction of sp³-hybridized carbons (Fsp3) is 0.318. The van der Waals surface area contributed by atoms with E-state index in [2.05, 4.69) is 23.5 Å². The molecule has 6 heteroatoms. The molecule has 2 N–H and O–H groups in total. The molecule has 2 aromatic carbocycles. The van der Waals surface area contributed by atoms with Crippen molar-refractivity contribution in [3.63, 3.8) is 0 Å². The molecule has 6 nitrogen and oxygen atoms in total. The summed E-state index contributed by atoms with van der Waals surface area (Å²) in [5, 5.41) is 20.6. The van der Waals surface area contributed by atoms with Crippen LogP contribution in [0.4, 0.5) is 4.79 Å². The predicted molar refractivity (Wildman–Crippen MR) is 105 cm³/mol. The molecule has 1 unspecified atom stereocenters. The molecule has 3 rings (SSSR count). The van der Waals surface area contributed by atoms with Crippen molar-refractivity contribution in [1.82, 2.24) is 10.2 Å². The van der Waals surface area contributed by atoms with Crippen molar-refractivity contribution >= 4 is 12.0 Å². The lowest BCUT2D eigenvalue weighted by atomic mass is 9.89. The number of piperidine rings is 1. The number of carbonyl (C=O) groups excluding carboxylic acids is 1. The zero-order valence-corrected chi connectivity index (χ0v) is 15.5. The third kappa shape index (κ3) is 4.89. The standard InChI is InChI=1S/C22H23N3O3/c23-15-17-6-4-5-16(13-17)14-20(24-22(27)28)21(26)25-11-9-19(10-12-25)18-7-2-1-3-8-18/h1-8,13,19-20,24H,9-12,14H2,(H,27,28). The molecule has 1 fully saturated rings. The Balaban J connectivity index is 1.66. The Bertz CT molecular complexity index is 868. The van der Waals surface area contributed by atoms with Gasteiger partial charge in [0.2, 0.25) is 5.91 Å². The van der Waals surface area contributed by atoms with Crippen LogP contribution in [0.2, 0.25) is 0 Å². The van der Waals surface area contributed by atoms with E-state index in [4.69, 9.17) is 10.4 Å². The van der Waals surface area contributed by atoms with Gasteiger partial charge < -0.3 is 15.3 Å². The number of likely N-dealkylation sites (tertiary alicyclic amines) is 1. The van der Waals surface area contributed by atoms with Gasteiger partial charge >= 0.3 is 6.09 Å². The highest BCUT2D eigenvalue weighted by atomic mass is 16.4. The van der Waals surface area contributed by atoms with Crippen LogP contribution < -0.4 is 5.32 Å². The molecule has 1 aliphatic rings. The van der Waals surface area contributed by atoms with Gasteiger partial charge in [0.05, 0.1) is 11.6 Å². The number of rotatable bonds is 5. The summed E-state index contributed by atoms with van der Waals surface area (Å²) in [6.45, 7) is 1.21. The highest BCUT2D eigenvalue weighted by Crippen LogP contribution is 2.28. The number of hydrogen-bond acceptors (Lipinski definition) is 3. The Morgan fingerprint density at radius 3 is 2.50 bits per heavy atom. The summed E-state index contributed by atoms with van der Waals surface area (Å²) in [5.74, 6) is 0.208. The van der Waals surface area contributed by atoms with E-state index in [1.54, 1.807) is 29.2 Å². The third-order valence-corrected chi connectivity index (χ3v) is 5.17. The van der Waals surface area contributed by atoms with Crippen molar-refractivity contribution in [2.75, 3.05) is 13.1 Å². The second kappa shape index (κ2) is 9.05. The topological polar surface area (TPSA) is 93.4 Å². The molecular formula is C22H23N3O3. The maximum atomic E-state index is 13.0. The number of nitriles is 1. The Labute approximate surface area is 164 Å². The zero-order chi connectivity index (χ0) is 19.9. The highest BCUT2D eigenvalue weighted by molar-refractivity contribution is 5.85. The Hall–Kier alpha value is -3.33. The number of carboxylic acid groups (broad SMARTS) is 1. The molecule has 2 amide bonds. The average Bonchev–Trinajstić information content (AvgIpc) is 2.73. The van der Waals surface area contributed by atoms with E-state index in [1.165, 1.54) is 5.56 Å². The van der Waals surface area contributed by atoms with E-state index < -0.39 is 12.1 Å². The summed E-state index contributed by atoms with van der Waals surface area (Å²) in [5.41, 5.74) is 2.52. The molecule has 0 aliphatic carbocycles. The fourth-order valence-electron chi connectivity index (χ4n) is 3.73. The normalized spacial score (nSPS) is 15.5. The Morgan fingerprint density at radius 2 is 1.86 bits per heavy atom. The van der Waals surface area contributed by atoms with Crippen molar-refractivity contribution in [3.8, 4) is 6.07 Å². The first-order valence-electron chi connectivity index (χ1n) is 9.39. The van der Waals surface area contributed by atoms with Crippen LogP contribution in [0.15, 0.2) is 54.6 Å². The molecule has 1 heterocycles. The predicted octanol–water partition coefficient (Wildman–Crippen LogP) is 3.14. The summed E-state index contributed by atoms with van der Waals surface area (Å²) in [6.07, 6.45) is 0.715. The molecule has 1 saturated heterocycles. The van der Waals surface area contributed by atoms with Gasteiger partial charge in [-0.1, -0.05) is 42.5 Å². The summed E-state index contributed by atoms with van der Waals surface area (Å²) in [6, 6.07) is 18.4. The number of nitrogens with one attached hydrogen (secondary N) is 1. The minimum atomic E-state index is -1.23. The summed E-state index contributed by atoms with van der Waals surface area (Å²) >= 11 is 0. The largest absolute Gasteiger partial charge is 0.465 e. The summed E-state index contributed by atoms with van der Waals surface area (Å²) in [7, 11) is 0. The highest BCUT2D eigenvalue weighted by Gasteiger charge is 2.30. The van der Waals surface area contributed by atoms with Gasteiger partial charge in [0.1, 0.15) is 6.04 Å². The fourth-order valence-corrected chi connectivity index (χ4v) is 3.73. The van der Waals surface area contributed by atoms with Crippen molar-refractivity contribution in [2.45, 2.75) is 31.2 Å². The van der Waals surface area contributed by atoms with Crippen LogP contribution in [0.3, 0.4) is 0 Å². The van der Waals surface area contributed by atoms with E-state index in [9.17, 15) is 9.59 Å². The second-order valence-corrected chi connectivity index (χ2v) is 7.03. The summed E-state index contributed by atoms with van der Waals surface area (Å²) in [4.78, 5) is 25.9. The number of nitrogens with zero attached hydrogens (tertiary/aromatic N) is 2. The van der Waals surface area contributed by atoms with Gasteiger partial charge in [-0.25, -0.2) is 4.79 Å². The van der Waals surface area contributed by atoms with Crippen LogP contribution in [0.25, 0.3) is 0 Å². The van der Waals surface area contributed by atoms with E-state index in [1.807, 2.05) is 18.2 Å². The number of carbonyl (C=O) groups is 2. The quantitative estimate of drug-likeness (QED) is 0.837. The molecular weight excluding hydrogens is 354 g/mol. The lowest BCUT2D eigenvalue weighted by molar-refractivity contribution is -0.134. The maximum Gasteiger partial charge on any atom is 0.405 e. The van der Waals surface area contributed by atoms with E-state index in [0.717, 1.165) is 18.4 Å². The first-order valence-corrected chi connectivity index (χ1v) is 9.39. The van der Waals surface area contributed by atoms with Crippen LogP contribution in [-0.2, 0) is 11.2 Å². The molecule has 0 radical (unpaired) electrons. The van der Waals surface area contributed by atoms with E-state index >= 15 is 0 Å². The Kier molecular flexibility index (Phi) is 6.28. The van der Waals surface area contributed by atoms with Gasteiger partial charge in [0.15, 0.2) is 0 Å². The van der Waals surface area contributed by atoms with E-state index in [0.29, 0.717) is 24.6 Å². The lowest BCUT2D eigenvalue weighted by Gasteiger charge is -2.34. The van der Waals surface area contributed by atoms with Crippen molar-refractivity contribution in [1.29, 1.82) is 5.26 Å². The molecule has 0 aromatic heterocycles. The van der Waals surface area contributed by atoms with Gasteiger partial charge in [0.25, 0.3) is 0 Å². The van der Waals surface area contributed by atoms with Gasteiger partial charge in [-0.15, -0.1) is 0 Å². The molecule has 0 spiro atoms. The van der Waals surface area contributed by atoms with Crippen LogP contribution in [-0.4, -0.2) is 41.1 Å². The van der Waals surface area contributed by atoms with Crippen molar-refractivity contribution < 1.29 is 14.7 Å². The van der Waals surface area contributed by atoms with Crippen LogP contribution in [0, 0.1) is 11.3 Å². The van der Waals surface area contributed by atoms with Gasteiger partial charge in [-0.05, 0) is 42.0 Å². The van der Waals surface area contributed by atoms with Crippen LogP contribution in [0.1, 0.15) is 35.4 Å². The molecule has 0 saturated carbocycles. The van der Waals surface area contributed by atoms with Gasteiger partial charge in [0, 0.05) is 19.5 Å². The first-order chi connectivity index (χ1) is 13.6. The SMILES string of the molecule is N#Cc1cccc(CC(NC(=O)O)C(=O)N2CCC(c3ccccc3)CC2)c1. The first kappa shape index (κ1) is 19.4. The number of hydrogen-bond donors (Lipinski definition) is 2. The van der Waals surface area contributed by atoms with Crippen LogP contribution >= 0.6 is 0 Å². The van der Waals surface area contributed by atoms with Crippen LogP contribution in [0.5, 0.6) is 0 Å². The van der Waals surface area contributed by atoms with Crippen molar-refractivity contribution in [3.05, 3.63) is 71.3 Å². The molecule has 1 atom stereocenters. The molecule has 2 aromatic rings. The van der Waals surface area contributed by atoms with E-state index in [-0.39, 0.29) is 12.3 Å². The molecule has 1 aliphatic heterocycles. The Morgan fingerprint density at radius 1 is 1.14 bits per heavy atom. The number of benzene rings is 2. The lowest BCUT2D eigenvalue weighted by Crippen LogP contribution is -2.51. The number of amides is 2. The van der Waals surface area contributed by atoms with Gasteiger partial charge in [-0.2, -0.15) is 5.26 Å². The maximum absolute atomic E-state index is 13.0. The minimum Gasteiger partial charge on any atom is -0.465 e. The summed E-state index contributed by atoms with van der Waals surface area (Å²) < 4.78 is 0. The van der Waals surface area contributed by atoms with Crippen molar-refractivity contribution in [2.24, 2.45) is 0 Å².